The zero-order chi connectivity index (χ0) is 23.7. The number of carbonyl (C=O) groups excluding carboxylic acids is 1. The molecule has 176 valence electrons. The van der Waals surface area contributed by atoms with E-state index >= 15 is 0 Å². The van der Waals surface area contributed by atoms with Gasteiger partial charge < -0.3 is 24.7 Å². The number of aromatic nitrogens is 6. The molecule has 1 amide bonds. The predicted octanol–water partition coefficient (Wildman–Crippen LogP) is 2.77. The number of hydrogen-bond acceptors (Lipinski definition) is 7. The van der Waals surface area contributed by atoms with Crippen LogP contribution in [-0.2, 0) is 4.79 Å². The first-order valence-corrected chi connectivity index (χ1v) is 11.5. The van der Waals surface area contributed by atoms with Crippen LogP contribution in [0.2, 0.25) is 0 Å². The summed E-state index contributed by atoms with van der Waals surface area (Å²) in [4.78, 5) is 37.4. The lowest BCUT2D eigenvalue weighted by molar-refractivity contribution is -0.133. The molecule has 1 aliphatic rings. The Morgan fingerprint density at radius 2 is 2.06 bits per heavy atom. The van der Waals surface area contributed by atoms with E-state index in [9.17, 15) is 4.79 Å². The number of piperidine rings is 1. The maximum atomic E-state index is 12.5. The van der Waals surface area contributed by atoms with Gasteiger partial charge in [-0.25, -0.2) is 19.9 Å². The summed E-state index contributed by atoms with van der Waals surface area (Å²) in [5.74, 6) is 1.70. The normalized spacial score (nSPS) is 15.8. The molecule has 34 heavy (non-hydrogen) atoms. The number of benzene rings is 1. The van der Waals surface area contributed by atoms with Crippen LogP contribution < -0.4 is 5.32 Å². The van der Waals surface area contributed by atoms with Gasteiger partial charge in [0.2, 0.25) is 5.91 Å². The van der Waals surface area contributed by atoms with Crippen LogP contribution in [0.4, 0.5) is 5.82 Å². The smallest absolute Gasteiger partial charge is 0.236 e. The number of hydrogen-bond donors (Lipinski definition) is 2. The van der Waals surface area contributed by atoms with Gasteiger partial charge in [0.05, 0.1) is 23.9 Å². The largest absolute Gasteiger partial charge is 0.355 e. The average molecular weight is 460 g/mol. The highest BCUT2D eigenvalue weighted by Gasteiger charge is 2.29. The number of imidazole rings is 2. The van der Waals surface area contributed by atoms with E-state index in [0.717, 1.165) is 48.3 Å². The Hall–Kier alpha value is -3.79. The molecule has 1 aliphatic heterocycles. The monoisotopic (exact) mass is 459 g/mol. The van der Waals surface area contributed by atoms with E-state index in [1.165, 1.54) is 6.33 Å². The Balaban J connectivity index is 1.46. The maximum Gasteiger partial charge on any atom is 0.236 e. The molecule has 4 aromatic rings. The van der Waals surface area contributed by atoms with Crippen LogP contribution in [0.15, 0.2) is 49.6 Å². The van der Waals surface area contributed by atoms with Crippen LogP contribution in [0.25, 0.3) is 22.2 Å². The summed E-state index contributed by atoms with van der Waals surface area (Å²) in [5, 5.41) is 3.47. The third kappa shape index (κ3) is 4.12. The number of amides is 1. The van der Waals surface area contributed by atoms with Gasteiger partial charge in [0.1, 0.15) is 23.7 Å². The van der Waals surface area contributed by atoms with Crippen LogP contribution in [0.5, 0.6) is 0 Å². The zero-order valence-electron chi connectivity index (χ0n) is 19.5. The van der Waals surface area contributed by atoms with Gasteiger partial charge in [-0.3, -0.25) is 4.79 Å². The number of aromatic amines is 1. The fraction of sp³-hybridized carbons (Fsp3) is 0.375. The first kappa shape index (κ1) is 22.0. The summed E-state index contributed by atoms with van der Waals surface area (Å²) in [6, 6.07) is 8.13. The molecular formula is C24H29N9O. The van der Waals surface area contributed by atoms with Crippen molar-refractivity contribution in [2.24, 2.45) is 0 Å². The predicted molar refractivity (Wildman–Crippen MR) is 131 cm³/mol. The van der Waals surface area contributed by atoms with Crippen molar-refractivity contribution >= 4 is 33.9 Å². The minimum atomic E-state index is -0.276. The molecule has 1 atom stereocenters. The van der Waals surface area contributed by atoms with Crippen LogP contribution in [-0.4, -0.2) is 78.9 Å². The standard InChI is InChI=1S/C24H29N9O/c1-4-17(29-23-21-22(26-14-25-21)27-15-28-23)24-30-18-7-5-6-8-19(18)33(24)16-9-11-32(12-10-16)20(34)13-31(2)3/h4-8,14-17H,1,9-13H2,2-3H3,(H2,25,26,27,28,29). The molecule has 0 spiro atoms. The lowest BCUT2D eigenvalue weighted by atomic mass is 10.0. The van der Waals surface area contributed by atoms with Crippen LogP contribution >= 0.6 is 0 Å². The molecule has 2 N–H and O–H groups in total. The second-order valence-electron chi connectivity index (χ2n) is 8.86. The SMILES string of the molecule is C=CC(Nc1ncnc2nc[nH]c12)c1nc2ccccc2n1C1CCN(C(=O)CN(C)C)CC1. The second kappa shape index (κ2) is 9.22. The zero-order valence-corrected chi connectivity index (χ0v) is 19.5. The van der Waals surface area contributed by atoms with Gasteiger partial charge in [0.15, 0.2) is 11.5 Å². The highest BCUT2D eigenvalue weighted by atomic mass is 16.2. The van der Waals surface area contributed by atoms with Crippen LogP contribution in [0.1, 0.15) is 30.7 Å². The molecule has 1 saturated heterocycles. The summed E-state index contributed by atoms with van der Waals surface area (Å²) in [6.07, 6.45) is 6.68. The molecule has 0 saturated carbocycles. The van der Waals surface area contributed by atoms with E-state index in [1.807, 2.05) is 48.2 Å². The number of nitrogens with one attached hydrogen (secondary N) is 2. The number of anilines is 1. The molecule has 10 heteroatoms. The topological polar surface area (TPSA) is 108 Å². The third-order valence-corrected chi connectivity index (χ3v) is 6.29. The highest BCUT2D eigenvalue weighted by molar-refractivity contribution is 5.82. The van der Waals surface area contributed by atoms with Gasteiger partial charge in [-0.15, -0.1) is 6.58 Å². The molecule has 1 unspecified atom stereocenters. The Labute approximate surface area is 197 Å². The van der Waals surface area contributed by atoms with Crippen molar-refractivity contribution in [1.29, 1.82) is 0 Å². The van der Waals surface area contributed by atoms with Gasteiger partial charge in [-0.05, 0) is 39.1 Å². The van der Waals surface area contributed by atoms with Crippen molar-refractivity contribution in [1.82, 2.24) is 39.3 Å². The fourth-order valence-electron chi connectivity index (χ4n) is 4.66. The van der Waals surface area contributed by atoms with E-state index in [0.29, 0.717) is 18.0 Å². The van der Waals surface area contributed by atoms with Crippen LogP contribution in [0.3, 0.4) is 0 Å². The summed E-state index contributed by atoms with van der Waals surface area (Å²) in [5.41, 5.74) is 3.36. The summed E-state index contributed by atoms with van der Waals surface area (Å²) in [6.45, 7) is 5.98. The number of likely N-dealkylation sites (N-methyl/N-ethyl adjacent to an activating group) is 1. The molecule has 1 fully saturated rings. The number of fused-ring (bicyclic) bond motifs is 2. The van der Waals surface area contributed by atoms with Crippen LogP contribution in [0, 0.1) is 0 Å². The van der Waals surface area contributed by atoms with E-state index in [4.69, 9.17) is 4.98 Å². The number of para-hydroxylation sites is 2. The Morgan fingerprint density at radius 3 is 2.82 bits per heavy atom. The van der Waals surface area contributed by atoms with Gasteiger partial charge in [0, 0.05) is 19.1 Å². The molecule has 5 rings (SSSR count). The first-order chi connectivity index (χ1) is 16.5. The number of nitrogens with zero attached hydrogens (tertiary/aromatic N) is 7. The first-order valence-electron chi connectivity index (χ1n) is 11.5. The molecular weight excluding hydrogens is 430 g/mol. The minimum Gasteiger partial charge on any atom is -0.355 e. The molecule has 0 bridgehead atoms. The molecule has 10 nitrogen and oxygen atoms in total. The molecule has 3 aromatic heterocycles. The van der Waals surface area contributed by atoms with E-state index in [1.54, 1.807) is 6.33 Å². The quantitative estimate of drug-likeness (QED) is 0.409. The summed E-state index contributed by atoms with van der Waals surface area (Å²) in [7, 11) is 3.84. The third-order valence-electron chi connectivity index (χ3n) is 6.29. The van der Waals surface area contributed by atoms with Crippen molar-refractivity contribution in [3.63, 3.8) is 0 Å². The lowest BCUT2D eigenvalue weighted by Gasteiger charge is -2.34. The van der Waals surface area contributed by atoms with Gasteiger partial charge in [-0.1, -0.05) is 18.2 Å². The number of H-pyrrole nitrogens is 1. The number of rotatable bonds is 7. The highest BCUT2D eigenvalue weighted by Crippen LogP contribution is 2.33. The van der Waals surface area contributed by atoms with Crippen molar-refractivity contribution < 1.29 is 4.79 Å². The number of carbonyl (C=O) groups is 1. The van der Waals surface area contributed by atoms with Gasteiger partial charge >= 0.3 is 0 Å². The van der Waals surface area contributed by atoms with Gasteiger partial charge in [-0.2, -0.15) is 0 Å². The summed E-state index contributed by atoms with van der Waals surface area (Å²) < 4.78 is 2.31. The average Bonchev–Trinajstić information content (AvgIpc) is 3.47. The Kier molecular flexibility index (Phi) is 5.97. The van der Waals surface area contributed by atoms with Crippen molar-refractivity contribution in [3.8, 4) is 0 Å². The second-order valence-corrected chi connectivity index (χ2v) is 8.86. The van der Waals surface area contributed by atoms with E-state index in [2.05, 4.69) is 42.5 Å². The Bertz CT molecular complexity index is 1320. The van der Waals surface area contributed by atoms with E-state index < -0.39 is 0 Å². The molecule has 0 aliphatic carbocycles. The minimum absolute atomic E-state index is 0.178. The van der Waals surface area contributed by atoms with Crippen molar-refractivity contribution in [3.05, 3.63) is 55.4 Å². The molecule has 0 radical (unpaired) electrons. The lowest BCUT2D eigenvalue weighted by Crippen LogP contribution is -2.43. The Morgan fingerprint density at radius 1 is 1.26 bits per heavy atom. The molecule has 4 heterocycles. The van der Waals surface area contributed by atoms with Crippen molar-refractivity contribution in [2.45, 2.75) is 24.9 Å². The fourth-order valence-corrected chi connectivity index (χ4v) is 4.66. The summed E-state index contributed by atoms with van der Waals surface area (Å²) >= 11 is 0. The van der Waals surface area contributed by atoms with E-state index in [-0.39, 0.29) is 18.0 Å². The molecule has 1 aromatic carbocycles. The van der Waals surface area contributed by atoms with Gasteiger partial charge in [0.25, 0.3) is 0 Å². The van der Waals surface area contributed by atoms with Crippen molar-refractivity contribution in [2.75, 3.05) is 39.0 Å². The maximum absolute atomic E-state index is 12.5. The number of likely N-dealkylation sites (tertiary alicyclic amines) is 1.